The van der Waals surface area contributed by atoms with Crippen LogP contribution in [0.25, 0.3) is 0 Å². The second kappa shape index (κ2) is 7.43. The van der Waals surface area contributed by atoms with Gasteiger partial charge in [0.25, 0.3) is 0 Å². The first-order valence-corrected chi connectivity index (χ1v) is 8.31. The van der Waals surface area contributed by atoms with Crippen LogP contribution in [0.3, 0.4) is 0 Å². The number of nitrogens with zero attached hydrogens (tertiary/aromatic N) is 3. The van der Waals surface area contributed by atoms with Crippen LogP contribution in [0.4, 0.5) is 0 Å². The van der Waals surface area contributed by atoms with Gasteiger partial charge in [-0.25, -0.2) is 0 Å². The molecule has 1 saturated heterocycles. The van der Waals surface area contributed by atoms with Crippen molar-refractivity contribution in [3.63, 3.8) is 0 Å². The third-order valence-corrected chi connectivity index (χ3v) is 4.61. The lowest BCUT2D eigenvalue weighted by atomic mass is 10.0. The molecule has 2 heterocycles. The van der Waals surface area contributed by atoms with Crippen LogP contribution in [0.15, 0.2) is 18.3 Å². The van der Waals surface area contributed by atoms with Crippen LogP contribution in [0.5, 0.6) is 0 Å². The molecule has 1 aromatic heterocycles. The van der Waals surface area contributed by atoms with Crippen molar-refractivity contribution in [2.24, 2.45) is 0 Å². The number of hydrogen-bond acceptors (Lipinski definition) is 3. The molecular weight excluding hydrogens is 260 g/mol. The fourth-order valence-electron chi connectivity index (χ4n) is 3.09. The Bertz CT molecular complexity index is 416. The smallest absolute Gasteiger partial charge is 0.0360 e. The van der Waals surface area contributed by atoms with Gasteiger partial charge in [-0.15, -0.1) is 0 Å². The van der Waals surface area contributed by atoms with Crippen molar-refractivity contribution in [3.8, 4) is 0 Å². The quantitative estimate of drug-likeness (QED) is 0.831. The molecule has 0 bridgehead atoms. The molecule has 120 valence electrons. The molecule has 0 amide bonds. The van der Waals surface area contributed by atoms with Crippen LogP contribution in [-0.4, -0.2) is 59.7 Å². The van der Waals surface area contributed by atoms with E-state index in [0.29, 0.717) is 0 Å². The Hall–Kier alpha value is -0.840. The number of nitrogens with one attached hydrogen (secondary N) is 1. The highest BCUT2D eigenvalue weighted by atomic mass is 15.3. The zero-order valence-electron chi connectivity index (χ0n) is 14.2. The lowest BCUT2D eigenvalue weighted by molar-refractivity contribution is 0.0617. The van der Waals surface area contributed by atoms with Gasteiger partial charge < -0.3 is 14.8 Å². The van der Waals surface area contributed by atoms with Gasteiger partial charge in [0.2, 0.25) is 0 Å². The number of likely N-dealkylation sites (N-methyl/N-ethyl adjacent to an activating group) is 1. The molecule has 1 aromatic rings. The average molecular weight is 292 g/mol. The Morgan fingerprint density at radius 2 is 1.90 bits per heavy atom. The maximum absolute atomic E-state index is 3.66. The monoisotopic (exact) mass is 292 g/mol. The summed E-state index contributed by atoms with van der Waals surface area (Å²) in [6, 6.07) is 4.38. The Labute approximate surface area is 130 Å². The van der Waals surface area contributed by atoms with Gasteiger partial charge in [-0.3, -0.25) is 4.90 Å². The predicted octanol–water partition coefficient (Wildman–Crippen LogP) is 2.01. The van der Waals surface area contributed by atoms with Crippen molar-refractivity contribution in [2.75, 3.05) is 39.8 Å². The average Bonchev–Trinajstić information content (AvgIpc) is 2.87. The van der Waals surface area contributed by atoms with Gasteiger partial charge in [0.1, 0.15) is 0 Å². The topological polar surface area (TPSA) is 23.4 Å². The summed E-state index contributed by atoms with van der Waals surface area (Å²) in [5.74, 6) is 0. The third-order valence-electron chi connectivity index (χ3n) is 4.61. The Morgan fingerprint density at radius 3 is 2.57 bits per heavy atom. The van der Waals surface area contributed by atoms with Crippen LogP contribution in [0.1, 0.15) is 32.9 Å². The molecule has 4 nitrogen and oxygen atoms in total. The number of hydrogen-bond donors (Lipinski definition) is 1. The number of rotatable bonds is 7. The molecule has 1 fully saturated rings. The van der Waals surface area contributed by atoms with E-state index in [2.05, 4.69) is 65.8 Å². The lowest BCUT2D eigenvalue weighted by Crippen LogP contribution is -2.57. The van der Waals surface area contributed by atoms with Gasteiger partial charge in [-0.1, -0.05) is 6.92 Å². The molecule has 0 aliphatic carbocycles. The summed E-state index contributed by atoms with van der Waals surface area (Å²) in [6.07, 6.45) is 3.38. The molecule has 0 radical (unpaired) electrons. The molecular formula is C17H32N4. The second-order valence-electron chi connectivity index (χ2n) is 6.90. The summed E-state index contributed by atoms with van der Waals surface area (Å²) in [7, 11) is 2.21. The van der Waals surface area contributed by atoms with E-state index in [1.165, 1.54) is 38.3 Å². The Kier molecular flexibility index (Phi) is 5.85. The van der Waals surface area contributed by atoms with E-state index in [9.17, 15) is 0 Å². The zero-order chi connectivity index (χ0) is 15.3. The van der Waals surface area contributed by atoms with Gasteiger partial charge >= 0.3 is 0 Å². The van der Waals surface area contributed by atoms with Gasteiger partial charge in [0.05, 0.1) is 0 Å². The molecule has 0 spiro atoms. The lowest BCUT2D eigenvalue weighted by Gasteiger charge is -2.43. The highest BCUT2D eigenvalue weighted by Crippen LogP contribution is 2.16. The normalized spacial score (nSPS) is 18.3. The third kappa shape index (κ3) is 4.56. The summed E-state index contributed by atoms with van der Waals surface area (Å²) in [6.45, 7) is 14.8. The number of piperazine rings is 1. The fourth-order valence-corrected chi connectivity index (χ4v) is 3.09. The van der Waals surface area contributed by atoms with Crippen molar-refractivity contribution in [1.29, 1.82) is 0 Å². The molecule has 21 heavy (non-hydrogen) atoms. The Balaban J connectivity index is 1.80. The highest BCUT2D eigenvalue weighted by Gasteiger charge is 2.28. The molecule has 0 atom stereocenters. The molecule has 4 heteroatoms. The summed E-state index contributed by atoms with van der Waals surface area (Å²) < 4.78 is 2.36. The highest BCUT2D eigenvalue weighted by molar-refractivity contribution is 5.07. The molecule has 2 rings (SSSR count). The minimum absolute atomic E-state index is 0.226. The molecule has 0 unspecified atom stereocenters. The van der Waals surface area contributed by atoms with E-state index < -0.39 is 0 Å². The first-order valence-electron chi connectivity index (χ1n) is 8.31. The summed E-state index contributed by atoms with van der Waals surface area (Å²) in [5.41, 5.74) is 1.62. The van der Waals surface area contributed by atoms with Crippen LogP contribution < -0.4 is 5.32 Å². The molecule has 1 aliphatic heterocycles. The number of aromatic nitrogens is 1. The zero-order valence-corrected chi connectivity index (χ0v) is 14.2. The van der Waals surface area contributed by atoms with E-state index in [-0.39, 0.29) is 5.54 Å². The standard InChI is InChI=1S/C17H32N4/c1-5-8-20-9-6-7-16(20)14-18-15-17(2,3)21-12-10-19(4)11-13-21/h6-7,9,18H,5,8,10-15H2,1-4H3. The van der Waals surface area contributed by atoms with Gasteiger partial charge in [-0.05, 0) is 39.4 Å². The minimum Gasteiger partial charge on any atom is -0.350 e. The summed E-state index contributed by atoms with van der Waals surface area (Å²) >= 11 is 0. The van der Waals surface area contributed by atoms with E-state index in [4.69, 9.17) is 0 Å². The van der Waals surface area contributed by atoms with Crippen molar-refractivity contribution in [1.82, 2.24) is 19.7 Å². The molecule has 0 aromatic carbocycles. The van der Waals surface area contributed by atoms with Crippen LogP contribution in [0, 0.1) is 0 Å². The first-order chi connectivity index (χ1) is 10.0. The van der Waals surface area contributed by atoms with Crippen LogP contribution >= 0.6 is 0 Å². The number of aryl methyl sites for hydroxylation is 1. The second-order valence-corrected chi connectivity index (χ2v) is 6.90. The van der Waals surface area contributed by atoms with Crippen LogP contribution in [-0.2, 0) is 13.1 Å². The van der Waals surface area contributed by atoms with Gasteiger partial charge in [0, 0.05) is 63.2 Å². The van der Waals surface area contributed by atoms with Crippen LogP contribution in [0.2, 0.25) is 0 Å². The van der Waals surface area contributed by atoms with Crippen molar-refractivity contribution in [2.45, 2.75) is 45.8 Å². The maximum atomic E-state index is 3.66. The summed E-state index contributed by atoms with van der Waals surface area (Å²) in [5, 5.41) is 3.66. The largest absolute Gasteiger partial charge is 0.350 e. The van der Waals surface area contributed by atoms with Crippen molar-refractivity contribution >= 4 is 0 Å². The maximum Gasteiger partial charge on any atom is 0.0360 e. The fraction of sp³-hybridized carbons (Fsp3) is 0.765. The molecule has 1 aliphatic rings. The van der Waals surface area contributed by atoms with Crippen molar-refractivity contribution < 1.29 is 0 Å². The van der Waals surface area contributed by atoms with E-state index in [1.54, 1.807) is 0 Å². The minimum atomic E-state index is 0.226. The molecule has 0 saturated carbocycles. The molecule has 1 N–H and O–H groups in total. The van der Waals surface area contributed by atoms with E-state index in [1.807, 2.05) is 0 Å². The Morgan fingerprint density at radius 1 is 1.19 bits per heavy atom. The van der Waals surface area contributed by atoms with E-state index >= 15 is 0 Å². The summed E-state index contributed by atoms with van der Waals surface area (Å²) in [4.78, 5) is 5.03. The van der Waals surface area contributed by atoms with Crippen molar-refractivity contribution in [3.05, 3.63) is 24.0 Å². The SMILES string of the molecule is CCCn1cccc1CNCC(C)(C)N1CCN(C)CC1. The predicted molar refractivity (Wildman–Crippen MR) is 89.6 cm³/mol. The van der Waals surface area contributed by atoms with Gasteiger partial charge in [0.15, 0.2) is 0 Å². The van der Waals surface area contributed by atoms with Gasteiger partial charge in [-0.2, -0.15) is 0 Å². The van der Waals surface area contributed by atoms with E-state index in [0.717, 1.165) is 19.6 Å². The first kappa shape index (κ1) is 16.5.